The predicted octanol–water partition coefficient (Wildman–Crippen LogP) is 4.25. The Morgan fingerprint density at radius 3 is 2.65 bits per heavy atom. The molecule has 2 aromatic rings. The van der Waals surface area contributed by atoms with Gasteiger partial charge in [-0.25, -0.2) is 8.78 Å². The molecule has 0 fully saturated rings. The average molecular weight is 299 g/mol. The maximum Gasteiger partial charge on any atom is 0.131 e. The molecular weight excluding hydrogens is 286 g/mol. The van der Waals surface area contributed by atoms with Crippen LogP contribution in [0.15, 0.2) is 36.4 Å². The zero-order valence-corrected chi connectivity index (χ0v) is 11.5. The third-order valence-corrected chi connectivity index (χ3v) is 3.21. The first-order chi connectivity index (χ1) is 9.49. The van der Waals surface area contributed by atoms with Gasteiger partial charge < -0.3 is 9.84 Å². The number of rotatable bonds is 4. The van der Waals surface area contributed by atoms with Crippen LogP contribution >= 0.6 is 11.6 Å². The van der Waals surface area contributed by atoms with Gasteiger partial charge in [0.2, 0.25) is 0 Å². The molecule has 0 saturated carbocycles. The van der Waals surface area contributed by atoms with E-state index in [9.17, 15) is 13.9 Å². The Morgan fingerprint density at radius 1 is 1.25 bits per heavy atom. The molecule has 0 saturated heterocycles. The molecule has 2 rings (SSSR count). The summed E-state index contributed by atoms with van der Waals surface area (Å²) in [7, 11) is 0. The molecule has 0 aromatic heterocycles. The molecule has 2 aromatic carbocycles. The zero-order chi connectivity index (χ0) is 14.7. The molecule has 0 aliphatic rings. The van der Waals surface area contributed by atoms with Crippen LogP contribution in [-0.4, -0.2) is 5.11 Å². The summed E-state index contributed by atoms with van der Waals surface area (Å²) in [5.74, 6) is -0.823. The Hall–Kier alpha value is -1.65. The standard InChI is InChI=1S/C15H13ClF2O2/c1-9(19)11-6-5-10(17)7-15(11)20-8-12-13(16)3-2-4-14(12)18/h2-7,9,19H,8H2,1H3. The third-order valence-electron chi connectivity index (χ3n) is 2.86. The molecule has 0 radical (unpaired) electrons. The number of halogens is 3. The van der Waals surface area contributed by atoms with Crippen LogP contribution in [-0.2, 0) is 6.61 Å². The van der Waals surface area contributed by atoms with Crippen LogP contribution in [0, 0.1) is 11.6 Å². The number of hydrogen-bond donors (Lipinski definition) is 1. The van der Waals surface area contributed by atoms with Gasteiger partial charge in [-0.3, -0.25) is 0 Å². The summed E-state index contributed by atoms with van der Waals surface area (Å²) in [6, 6.07) is 8.11. The second kappa shape index (κ2) is 6.20. The van der Waals surface area contributed by atoms with E-state index >= 15 is 0 Å². The Labute approximate surface area is 120 Å². The van der Waals surface area contributed by atoms with Crippen molar-refractivity contribution in [2.24, 2.45) is 0 Å². The monoisotopic (exact) mass is 298 g/mol. The van der Waals surface area contributed by atoms with Gasteiger partial charge in [0.15, 0.2) is 0 Å². The van der Waals surface area contributed by atoms with Crippen LogP contribution in [0.5, 0.6) is 5.75 Å². The number of aliphatic hydroxyl groups is 1. The highest BCUT2D eigenvalue weighted by atomic mass is 35.5. The van der Waals surface area contributed by atoms with Crippen molar-refractivity contribution >= 4 is 11.6 Å². The summed E-state index contributed by atoms with van der Waals surface area (Å²) >= 11 is 5.89. The van der Waals surface area contributed by atoms with Crippen LogP contribution in [0.4, 0.5) is 8.78 Å². The lowest BCUT2D eigenvalue weighted by atomic mass is 10.1. The maximum absolute atomic E-state index is 13.6. The second-order valence-corrected chi connectivity index (χ2v) is 4.75. The molecule has 0 amide bonds. The van der Waals surface area contributed by atoms with Crippen molar-refractivity contribution in [3.8, 4) is 5.75 Å². The van der Waals surface area contributed by atoms with E-state index in [-0.39, 0.29) is 22.9 Å². The number of hydrogen-bond acceptors (Lipinski definition) is 2. The van der Waals surface area contributed by atoms with Crippen LogP contribution in [0.1, 0.15) is 24.2 Å². The van der Waals surface area contributed by atoms with Gasteiger partial charge in [0.05, 0.1) is 11.1 Å². The minimum atomic E-state index is -0.818. The maximum atomic E-state index is 13.6. The fourth-order valence-electron chi connectivity index (χ4n) is 1.80. The van der Waals surface area contributed by atoms with Crippen molar-refractivity contribution in [2.45, 2.75) is 19.6 Å². The van der Waals surface area contributed by atoms with E-state index in [0.717, 1.165) is 6.07 Å². The lowest BCUT2D eigenvalue weighted by Crippen LogP contribution is -2.03. The summed E-state index contributed by atoms with van der Waals surface area (Å²) < 4.78 is 32.2. The Morgan fingerprint density at radius 2 is 2.00 bits per heavy atom. The molecule has 0 aliphatic carbocycles. The first-order valence-electron chi connectivity index (χ1n) is 6.02. The number of aliphatic hydroxyl groups excluding tert-OH is 1. The summed E-state index contributed by atoms with van der Waals surface area (Å²) in [5, 5.41) is 9.84. The van der Waals surface area contributed by atoms with Crippen molar-refractivity contribution < 1.29 is 18.6 Å². The minimum Gasteiger partial charge on any atom is -0.488 e. The Bertz CT molecular complexity index is 595. The van der Waals surface area contributed by atoms with E-state index in [1.165, 1.54) is 31.2 Å². The van der Waals surface area contributed by atoms with E-state index in [4.69, 9.17) is 16.3 Å². The predicted molar refractivity (Wildman–Crippen MR) is 72.8 cm³/mol. The van der Waals surface area contributed by atoms with Crippen LogP contribution in [0.2, 0.25) is 5.02 Å². The van der Waals surface area contributed by atoms with E-state index in [0.29, 0.717) is 5.56 Å². The summed E-state index contributed by atoms with van der Waals surface area (Å²) in [6.45, 7) is 1.39. The van der Waals surface area contributed by atoms with Crippen LogP contribution < -0.4 is 4.74 Å². The fourth-order valence-corrected chi connectivity index (χ4v) is 2.02. The molecule has 1 atom stereocenters. The van der Waals surface area contributed by atoms with Gasteiger partial charge >= 0.3 is 0 Å². The number of ether oxygens (including phenoxy) is 1. The molecule has 1 unspecified atom stereocenters. The normalized spacial score (nSPS) is 12.2. The topological polar surface area (TPSA) is 29.5 Å². The molecule has 1 N–H and O–H groups in total. The highest BCUT2D eigenvalue weighted by Crippen LogP contribution is 2.28. The lowest BCUT2D eigenvalue weighted by molar-refractivity contribution is 0.189. The Kier molecular flexibility index (Phi) is 4.57. The SMILES string of the molecule is CC(O)c1ccc(F)cc1OCc1c(F)cccc1Cl. The molecule has 0 heterocycles. The highest BCUT2D eigenvalue weighted by Gasteiger charge is 2.13. The molecule has 0 aliphatic heterocycles. The molecule has 5 heteroatoms. The van der Waals surface area contributed by atoms with E-state index in [2.05, 4.69) is 0 Å². The van der Waals surface area contributed by atoms with Crippen molar-refractivity contribution in [2.75, 3.05) is 0 Å². The third kappa shape index (κ3) is 3.26. The fraction of sp³-hybridized carbons (Fsp3) is 0.200. The average Bonchev–Trinajstić information content (AvgIpc) is 2.37. The first kappa shape index (κ1) is 14.8. The zero-order valence-electron chi connectivity index (χ0n) is 10.7. The van der Waals surface area contributed by atoms with Crippen molar-refractivity contribution in [1.29, 1.82) is 0 Å². The van der Waals surface area contributed by atoms with Crippen LogP contribution in [0.25, 0.3) is 0 Å². The molecular formula is C15H13ClF2O2. The quantitative estimate of drug-likeness (QED) is 0.914. The molecule has 106 valence electrons. The number of benzene rings is 2. The van der Waals surface area contributed by atoms with E-state index in [1.807, 2.05) is 0 Å². The van der Waals surface area contributed by atoms with Gasteiger partial charge in [-0.1, -0.05) is 17.7 Å². The molecule has 0 spiro atoms. The van der Waals surface area contributed by atoms with E-state index in [1.54, 1.807) is 6.07 Å². The van der Waals surface area contributed by atoms with E-state index < -0.39 is 17.7 Å². The largest absolute Gasteiger partial charge is 0.488 e. The lowest BCUT2D eigenvalue weighted by Gasteiger charge is -2.14. The second-order valence-electron chi connectivity index (χ2n) is 4.35. The minimum absolute atomic E-state index is 0.144. The van der Waals surface area contributed by atoms with Crippen LogP contribution in [0.3, 0.4) is 0 Å². The van der Waals surface area contributed by atoms with Crippen molar-refractivity contribution in [3.05, 3.63) is 64.2 Å². The molecule has 0 bridgehead atoms. The summed E-state index contributed by atoms with van der Waals surface area (Å²) in [4.78, 5) is 0. The Balaban J connectivity index is 2.25. The van der Waals surface area contributed by atoms with Gasteiger partial charge in [-0.15, -0.1) is 0 Å². The smallest absolute Gasteiger partial charge is 0.131 e. The van der Waals surface area contributed by atoms with Crippen molar-refractivity contribution in [1.82, 2.24) is 0 Å². The van der Waals surface area contributed by atoms with Gasteiger partial charge in [0.25, 0.3) is 0 Å². The van der Waals surface area contributed by atoms with Gasteiger partial charge in [0, 0.05) is 17.2 Å². The van der Waals surface area contributed by atoms with Gasteiger partial charge in [-0.05, 0) is 31.2 Å². The molecule has 2 nitrogen and oxygen atoms in total. The van der Waals surface area contributed by atoms with Gasteiger partial charge in [-0.2, -0.15) is 0 Å². The summed E-state index contributed by atoms with van der Waals surface area (Å²) in [5.41, 5.74) is 0.619. The summed E-state index contributed by atoms with van der Waals surface area (Å²) in [6.07, 6.45) is -0.818. The van der Waals surface area contributed by atoms with Gasteiger partial charge in [0.1, 0.15) is 24.0 Å². The highest BCUT2D eigenvalue weighted by molar-refractivity contribution is 6.31. The first-order valence-corrected chi connectivity index (χ1v) is 6.40. The molecule has 20 heavy (non-hydrogen) atoms. The van der Waals surface area contributed by atoms with Crippen molar-refractivity contribution in [3.63, 3.8) is 0 Å².